The molecule has 0 aliphatic carbocycles. The third-order valence-corrected chi connectivity index (χ3v) is 1.79. The van der Waals surface area contributed by atoms with Crippen molar-refractivity contribution >= 4 is 45.3 Å². The fraction of sp³-hybridized carbons (Fsp3) is 0.600. The first-order chi connectivity index (χ1) is 4.16. The molecule has 0 saturated carbocycles. The molecule has 0 radical (unpaired) electrons. The van der Waals surface area contributed by atoms with Crippen LogP contribution in [-0.4, -0.2) is 8.64 Å². The highest BCUT2D eigenvalue weighted by molar-refractivity contribution is 8.47. The van der Waals surface area contributed by atoms with E-state index in [0.717, 1.165) is 18.2 Å². The number of rotatable bonds is 2. The van der Waals surface area contributed by atoms with Crippen LogP contribution in [0.5, 0.6) is 0 Å². The smallest absolute Gasteiger partial charge is 0.194 e. The van der Waals surface area contributed by atoms with Crippen molar-refractivity contribution in [1.82, 2.24) is 0 Å². The SMILES string of the molecule is CCCC(=O)SC(=S)S. The van der Waals surface area contributed by atoms with E-state index in [2.05, 4.69) is 24.8 Å². The summed E-state index contributed by atoms with van der Waals surface area (Å²) in [5, 5.41) is 0.109. The van der Waals surface area contributed by atoms with Gasteiger partial charge in [-0.15, -0.1) is 12.6 Å². The Bertz CT molecular complexity index is 121. The molecule has 4 heteroatoms. The Morgan fingerprint density at radius 3 is 2.67 bits per heavy atom. The molecule has 0 N–H and O–H groups in total. The first-order valence-electron chi connectivity index (χ1n) is 2.60. The molecule has 0 atom stereocenters. The summed E-state index contributed by atoms with van der Waals surface area (Å²) in [6.07, 6.45) is 1.47. The molecule has 52 valence electrons. The molecule has 0 bridgehead atoms. The molecule has 0 aromatic rings. The minimum atomic E-state index is 0.109. The fourth-order valence-corrected chi connectivity index (χ4v) is 1.44. The number of thioether (sulfide) groups is 1. The zero-order valence-electron chi connectivity index (χ0n) is 5.09. The lowest BCUT2D eigenvalue weighted by Crippen LogP contribution is -1.90. The van der Waals surface area contributed by atoms with Crippen molar-refractivity contribution in [2.24, 2.45) is 0 Å². The van der Waals surface area contributed by atoms with Gasteiger partial charge in [-0.2, -0.15) is 0 Å². The fourth-order valence-electron chi connectivity index (χ4n) is 0.353. The average molecular weight is 180 g/mol. The molecular formula is C5H8OS3. The Morgan fingerprint density at radius 1 is 1.78 bits per heavy atom. The molecule has 0 aromatic carbocycles. The first kappa shape index (κ1) is 9.46. The number of thiol groups is 1. The van der Waals surface area contributed by atoms with Crippen LogP contribution in [0.25, 0.3) is 0 Å². The first-order valence-corrected chi connectivity index (χ1v) is 4.27. The second-order valence-corrected chi connectivity index (χ2v) is 4.28. The minimum Gasteiger partial charge on any atom is -0.287 e. The lowest BCUT2D eigenvalue weighted by molar-refractivity contribution is -0.110. The largest absolute Gasteiger partial charge is 0.287 e. The number of hydrogen-bond donors (Lipinski definition) is 1. The highest BCUT2D eigenvalue weighted by Gasteiger charge is 2.00. The molecule has 0 aliphatic rings. The zero-order chi connectivity index (χ0) is 7.28. The predicted octanol–water partition coefficient (Wildman–Crippen LogP) is 2.26. The number of carbonyl (C=O) groups excluding carboxylic acids is 1. The standard InChI is InChI=1S/C5H8OS3/c1-2-3-4(6)9-5(7)8/h2-3H2,1H3,(H,7,8). The number of carbonyl (C=O) groups is 1. The zero-order valence-corrected chi connectivity index (χ0v) is 7.61. The highest BCUT2D eigenvalue weighted by Crippen LogP contribution is 2.11. The van der Waals surface area contributed by atoms with Crippen molar-refractivity contribution in [2.75, 3.05) is 0 Å². The van der Waals surface area contributed by atoms with E-state index in [1.165, 1.54) is 0 Å². The normalized spacial score (nSPS) is 9.11. The summed E-state index contributed by atoms with van der Waals surface area (Å²) < 4.78 is 0.411. The van der Waals surface area contributed by atoms with Crippen molar-refractivity contribution in [2.45, 2.75) is 19.8 Å². The third-order valence-electron chi connectivity index (χ3n) is 0.655. The van der Waals surface area contributed by atoms with Crippen molar-refractivity contribution in [3.8, 4) is 0 Å². The molecule has 0 aromatic heterocycles. The van der Waals surface area contributed by atoms with Crippen LogP contribution in [0.4, 0.5) is 0 Å². The van der Waals surface area contributed by atoms with Gasteiger partial charge in [-0.1, -0.05) is 19.1 Å². The summed E-state index contributed by atoms with van der Waals surface area (Å²) in [4.78, 5) is 10.7. The topological polar surface area (TPSA) is 17.1 Å². The van der Waals surface area contributed by atoms with E-state index in [1.807, 2.05) is 6.92 Å². The second-order valence-electron chi connectivity index (χ2n) is 1.49. The van der Waals surface area contributed by atoms with Crippen LogP contribution in [0, 0.1) is 0 Å². The Labute approximate surface area is 70.0 Å². The lowest BCUT2D eigenvalue weighted by atomic mass is 10.4. The molecule has 0 spiro atoms. The summed E-state index contributed by atoms with van der Waals surface area (Å²) in [5.41, 5.74) is 0. The van der Waals surface area contributed by atoms with Gasteiger partial charge in [-0.3, -0.25) is 4.79 Å². The van der Waals surface area contributed by atoms with Crippen LogP contribution in [0.3, 0.4) is 0 Å². The average Bonchev–Trinajstić information content (AvgIpc) is 1.63. The Morgan fingerprint density at radius 2 is 2.33 bits per heavy atom. The molecular weight excluding hydrogens is 172 g/mol. The second kappa shape index (κ2) is 5.26. The van der Waals surface area contributed by atoms with Gasteiger partial charge in [0.2, 0.25) is 0 Å². The van der Waals surface area contributed by atoms with E-state index >= 15 is 0 Å². The van der Waals surface area contributed by atoms with E-state index in [4.69, 9.17) is 0 Å². The molecule has 0 amide bonds. The van der Waals surface area contributed by atoms with Gasteiger partial charge in [0, 0.05) is 6.42 Å². The molecule has 9 heavy (non-hydrogen) atoms. The predicted molar refractivity (Wildman–Crippen MR) is 49.1 cm³/mol. The number of thiocarbonyl (C=S) groups is 1. The van der Waals surface area contributed by atoms with Gasteiger partial charge in [0.1, 0.15) is 3.53 Å². The maximum atomic E-state index is 10.7. The molecule has 0 aliphatic heterocycles. The van der Waals surface area contributed by atoms with Crippen LogP contribution in [0.1, 0.15) is 19.8 Å². The van der Waals surface area contributed by atoms with Gasteiger partial charge >= 0.3 is 0 Å². The van der Waals surface area contributed by atoms with E-state index in [1.54, 1.807) is 0 Å². The maximum Gasteiger partial charge on any atom is 0.194 e. The Balaban J connectivity index is 3.39. The van der Waals surface area contributed by atoms with Gasteiger partial charge in [0.05, 0.1) is 0 Å². The molecule has 1 nitrogen and oxygen atoms in total. The van der Waals surface area contributed by atoms with Crippen molar-refractivity contribution < 1.29 is 4.79 Å². The van der Waals surface area contributed by atoms with Gasteiger partial charge in [0.15, 0.2) is 5.12 Å². The lowest BCUT2D eigenvalue weighted by Gasteiger charge is -1.91. The summed E-state index contributed by atoms with van der Waals surface area (Å²) in [5.74, 6) is 0. The van der Waals surface area contributed by atoms with Crippen LogP contribution in [-0.2, 0) is 4.79 Å². The number of hydrogen-bond acceptors (Lipinski definition) is 3. The van der Waals surface area contributed by atoms with E-state index < -0.39 is 0 Å². The highest BCUT2D eigenvalue weighted by atomic mass is 32.2. The molecule has 0 heterocycles. The van der Waals surface area contributed by atoms with Crippen LogP contribution in [0.2, 0.25) is 0 Å². The Hall–Kier alpha value is 0.460. The molecule has 0 fully saturated rings. The van der Waals surface area contributed by atoms with E-state index in [9.17, 15) is 4.79 Å². The quantitative estimate of drug-likeness (QED) is 0.519. The molecule has 0 rings (SSSR count). The van der Waals surface area contributed by atoms with Crippen molar-refractivity contribution in [1.29, 1.82) is 0 Å². The third kappa shape index (κ3) is 6.34. The van der Waals surface area contributed by atoms with Crippen molar-refractivity contribution in [3.63, 3.8) is 0 Å². The van der Waals surface area contributed by atoms with E-state index in [0.29, 0.717) is 9.95 Å². The summed E-state index contributed by atoms with van der Waals surface area (Å²) >= 11 is 9.43. The maximum absolute atomic E-state index is 10.7. The Kier molecular flexibility index (Phi) is 5.53. The minimum absolute atomic E-state index is 0.109. The molecule has 0 unspecified atom stereocenters. The van der Waals surface area contributed by atoms with E-state index in [-0.39, 0.29) is 5.12 Å². The van der Waals surface area contributed by atoms with Crippen LogP contribution in [0.15, 0.2) is 0 Å². The van der Waals surface area contributed by atoms with Crippen LogP contribution < -0.4 is 0 Å². The van der Waals surface area contributed by atoms with Gasteiger partial charge in [-0.25, -0.2) is 0 Å². The van der Waals surface area contributed by atoms with Gasteiger partial charge < -0.3 is 0 Å². The molecule has 0 saturated heterocycles. The summed E-state index contributed by atoms with van der Waals surface area (Å²) in [6, 6.07) is 0. The van der Waals surface area contributed by atoms with Gasteiger partial charge in [-0.05, 0) is 18.2 Å². The van der Waals surface area contributed by atoms with Crippen molar-refractivity contribution in [3.05, 3.63) is 0 Å². The monoisotopic (exact) mass is 180 g/mol. The summed E-state index contributed by atoms with van der Waals surface area (Å²) in [6.45, 7) is 1.96. The van der Waals surface area contributed by atoms with Crippen LogP contribution >= 0.6 is 36.6 Å². The van der Waals surface area contributed by atoms with Gasteiger partial charge in [0.25, 0.3) is 0 Å². The summed E-state index contributed by atoms with van der Waals surface area (Å²) in [7, 11) is 0.